The average molecular weight is 532 g/mol. The van der Waals surface area contributed by atoms with E-state index in [2.05, 4.69) is 20.8 Å². The summed E-state index contributed by atoms with van der Waals surface area (Å²) >= 11 is 0. The molecule has 0 amide bonds. The van der Waals surface area contributed by atoms with E-state index in [1.165, 1.54) is 0 Å². The lowest BCUT2D eigenvalue weighted by atomic mass is 10.2. The molecule has 1 atom stereocenters. The molecule has 0 aliphatic rings. The zero-order chi connectivity index (χ0) is 26.7. The Balaban J connectivity index is 5.86. The molecule has 0 aliphatic heterocycles. The molecule has 0 rings (SSSR count). The van der Waals surface area contributed by atoms with Crippen LogP contribution in [-0.2, 0) is 33.9 Å². The van der Waals surface area contributed by atoms with Crippen molar-refractivity contribution >= 4 is 22.1 Å². The van der Waals surface area contributed by atoms with Crippen molar-refractivity contribution in [3.63, 3.8) is 0 Å². The first-order chi connectivity index (χ1) is 14.4. The van der Waals surface area contributed by atoms with Crippen LogP contribution in [0.1, 0.15) is 19.8 Å². The fraction of sp³-hybridized carbons (Fsp3) is 0.714. The highest BCUT2D eigenvalue weighted by atomic mass is 32.2. The number of halogens is 10. The molecule has 0 saturated carbocycles. The quantitative estimate of drug-likeness (QED) is 0.108. The Morgan fingerprint density at radius 2 is 1.45 bits per heavy atom. The van der Waals surface area contributed by atoms with Gasteiger partial charge in [-0.05, 0) is 13.3 Å². The van der Waals surface area contributed by atoms with E-state index in [1.807, 2.05) is 0 Å². The van der Waals surface area contributed by atoms with Gasteiger partial charge in [-0.3, -0.25) is 4.55 Å². The second kappa shape index (κ2) is 10.00. The fourth-order valence-corrected chi connectivity index (χ4v) is 2.17. The summed E-state index contributed by atoms with van der Waals surface area (Å²) in [5.41, 5.74) is -0.838. The summed E-state index contributed by atoms with van der Waals surface area (Å²) in [4.78, 5) is 23.2. The van der Waals surface area contributed by atoms with E-state index in [0.717, 1.165) is 6.92 Å². The molecule has 19 heteroatoms. The maximum absolute atomic E-state index is 13.5. The molecule has 0 fully saturated rings. The number of carbonyl (C=O) groups is 2. The number of ether oxygens (including phenoxy) is 3. The summed E-state index contributed by atoms with van der Waals surface area (Å²) in [6, 6.07) is 0. The van der Waals surface area contributed by atoms with Gasteiger partial charge in [0.15, 0.2) is 6.61 Å². The molecule has 0 aromatic rings. The SMILES string of the molecule is C=C(C)C(=O)OC(OCCCC(F)(F)C(F)(F)S(=O)(=O)O)(C(=O)OCC(F)(F)F)C(F)(F)F. The Labute approximate surface area is 178 Å². The Kier molecular flexibility index (Phi) is 9.35. The smallest absolute Gasteiger partial charge is 0.451 e. The molecule has 8 nitrogen and oxygen atoms in total. The van der Waals surface area contributed by atoms with Crippen molar-refractivity contribution in [3.05, 3.63) is 12.2 Å². The van der Waals surface area contributed by atoms with Crippen molar-refractivity contribution in [3.8, 4) is 0 Å². The van der Waals surface area contributed by atoms with E-state index in [0.29, 0.717) is 0 Å². The lowest BCUT2D eigenvalue weighted by Gasteiger charge is -2.32. The first-order valence-corrected chi connectivity index (χ1v) is 9.41. The zero-order valence-electron chi connectivity index (χ0n) is 16.0. The third-order valence-electron chi connectivity index (χ3n) is 3.28. The number of hydrogen-bond acceptors (Lipinski definition) is 7. The number of rotatable bonds is 11. The van der Waals surface area contributed by atoms with E-state index >= 15 is 0 Å². The van der Waals surface area contributed by atoms with Crippen molar-refractivity contribution in [2.45, 2.75) is 49.1 Å². The van der Waals surface area contributed by atoms with Crippen molar-refractivity contribution in [2.24, 2.45) is 0 Å². The van der Waals surface area contributed by atoms with Crippen molar-refractivity contribution < 1.29 is 80.7 Å². The minimum atomic E-state index is -6.67. The molecule has 194 valence electrons. The Morgan fingerprint density at radius 1 is 0.970 bits per heavy atom. The predicted octanol–water partition coefficient (Wildman–Crippen LogP) is 3.38. The molecule has 0 aromatic carbocycles. The molecular formula is C14H14F10O8S. The lowest BCUT2D eigenvalue weighted by Crippen LogP contribution is -2.58. The molecule has 0 heterocycles. The molecule has 33 heavy (non-hydrogen) atoms. The molecule has 0 aromatic heterocycles. The molecule has 1 N–H and O–H groups in total. The summed E-state index contributed by atoms with van der Waals surface area (Å²) in [5, 5.41) is -6.08. The van der Waals surface area contributed by atoms with Crippen molar-refractivity contribution in [1.82, 2.24) is 0 Å². The van der Waals surface area contributed by atoms with Gasteiger partial charge in [0.05, 0.1) is 6.61 Å². The first kappa shape index (κ1) is 30.9. The van der Waals surface area contributed by atoms with Gasteiger partial charge < -0.3 is 14.2 Å². The molecule has 0 saturated heterocycles. The first-order valence-electron chi connectivity index (χ1n) is 7.97. The Morgan fingerprint density at radius 3 is 1.82 bits per heavy atom. The standard InChI is InChI=1S/C14H14F10O8S/c1-7(2)8(25)32-12(13(20,21)22,9(26)30-6-11(17,18)19)31-5-3-4-10(15,16)14(23,24)33(27,28)29/h1,3-6H2,2H3,(H,27,28,29). The third-order valence-corrected chi connectivity index (χ3v) is 4.23. The van der Waals surface area contributed by atoms with Crippen LogP contribution in [0, 0.1) is 0 Å². The largest absolute Gasteiger partial charge is 0.468 e. The average Bonchev–Trinajstić information content (AvgIpc) is 2.59. The predicted molar refractivity (Wildman–Crippen MR) is 83.3 cm³/mol. The lowest BCUT2D eigenvalue weighted by molar-refractivity contribution is -0.357. The van der Waals surface area contributed by atoms with Gasteiger partial charge in [0.25, 0.3) is 0 Å². The van der Waals surface area contributed by atoms with Crippen LogP contribution in [0.2, 0.25) is 0 Å². The van der Waals surface area contributed by atoms with E-state index in [9.17, 15) is 61.9 Å². The molecule has 0 bridgehead atoms. The monoisotopic (exact) mass is 532 g/mol. The van der Waals surface area contributed by atoms with Crippen LogP contribution in [0.5, 0.6) is 0 Å². The van der Waals surface area contributed by atoms with Gasteiger partial charge in [-0.2, -0.15) is 52.3 Å². The topological polar surface area (TPSA) is 116 Å². The van der Waals surface area contributed by atoms with Crippen LogP contribution < -0.4 is 0 Å². The van der Waals surface area contributed by atoms with Crippen LogP contribution >= 0.6 is 0 Å². The Hall–Kier alpha value is -2.15. The molecule has 1 unspecified atom stereocenters. The molecule has 0 aliphatic carbocycles. The fourth-order valence-electron chi connectivity index (χ4n) is 1.69. The number of alkyl halides is 10. The molecule has 0 spiro atoms. The van der Waals surface area contributed by atoms with Crippen LogP contribution in [0.25, 0.3) is 0 Å². The van der Waals surface area contributed by atoms with Crippen LogP contribution in [0.4, 0.5) is 43.9 Å². The normalized spacial score (nSPS) is 15.5. The number of hydrogen-bond donors (Lipinski definition) is 1. The summed E-state index contributed by atoms with van der Waals surface area (Å²) in [6.07, 6.45) is -15.5. The van der Waals surface area contributed by atoms with E-state index in [-0.39, 0.29) is 0 Å². The van der Waals surface area contributed by atoms with E-state index in [4.69, 9.17) is 4.55 Å². The highest BCUT2D eigenvalue weighted by Crippen LogP contribution is 2.42. The van der Waals surface area contributed by atoms with Crippen LogP contribution in [-0.4, -0.2) is 67.4 Å². The summed E-state index contributed by atoms with van der Waals surface area (Å²) in [7, 11) is -6.67. The number of carbonyl (C=O) groups excluding carboxylic acids is 2. The van der Waals surface area contributed by atoms with Crippen molar-refractivity contribution in [2.75, 3.05) is 13.2 Å². The van der Waals surface area contributed by atoms with Gasteiger partial charge in [0.1, 0.15) is 0 Å². The second-order valence-corrected chi connectivity index (χ2v) is 7.59. The van der Waals surface area contributed by atoms with Gasteiger partial charge >= 0.3 is 51.4 Å². The van der Waals surface area contributed by atoms with E-state index < -0.39 is 83.0 Å². The van der Waals surface area contributed by atoms with Gasteiger partial charge in [0.2, 0.25) is 0 Å². The molecule has 0 radical (unpaired) electrons. The summed E-state index contributed by atoms with van der Waals surface area (Å²) in [5.74, 6) is -15.6. The van der Waals surface area contributed by atoms with Crippen molar-refractivity contribution in [1.29, 1.82) is 0 Å². The summed E-state index contributed by atoms with van der Waals surface area (Å²) < 4.78 is 170. The maximum Gasteiger partial charge on any atom is 0.468 e. The number of esters is 2. The highest BCUT2D eigenvalue weighted by molar-refractivity contribution is 7.87. The van der Waals surface area contributed by atoms with Crippen LogP contribution in [0.15, 0.2) is 12.2 Å². The minimum absolute atomic E-state index is 0.739. The van der Waals surface area contributed by atoms with Gasteiger partial charge in [-0.25, -0.2) is 9.59 Å². The molecular weight excluding hydrogens is 518 g/mol. The Bertz CT molecular complexity index is 849. The van der Waals surface area contributed by atoms with Gasteiger partial charge in [-0.1, -0.05) is 6.58 Å². The van der Waals surface area contributed by atoms with Gasteiger partial charge in [0, 0.05) is 12.0 Å². The third kappa shape index (κ3) is 7.70. The van der Waals surface area contributed by atoms with E-state index in [1.54, 1.807) is 0 Å². The highest BCUT2D eigenvalue weighted by Gasteiger charge is 2.68. The summed E-state index contributed by atoms with van der Waals surface area (Å²) in [6.45, 7) is -0.870. The zero-order valence-corrected chi connectivity index (χ0v) is 16.8. The van der Waals surface area contributed by atoms with Gasteiger partial charge in [-0.15, -0.1) is 0 Å². The maximum atomic E-state index is 13.5. The van der Waals surface area contributed by atoms with Crippen LogP contribution in [0.3, 0.4) is 0 Å². The second-order valence-electron chi connectivity index (χ2n) is 6.12. The minimum Gasteiger partial charge on any atom is -0.451 e.